The van der Waals surface area contributed by atoms with Crippen LogP contribution < -0.4 is 0 Å². The fourth-order valence-electron chi connectivity index (χ4n) is 1.80. The quantitative estimate of drug-likeness (QED) is 0.744. The third-order valence-corrected chi connectivity index (χ3v) is 3.52. The standard InChI is InChI=1S/C13H10N4O2S/c1-8-5-6-14-13(15-8)20-11-10(12(18)19)17-7-3-2-4-9(17)16-11/h2-7H,1H3,(H,18,19). The molecule has 3 aromatic heterocycles. The molecule has 3 aromatic rings. The molecule has 0 unspecified atom stereocenters. The van der Waals surface area contributed by atoms with Gasteiger partial charge in [-0.2, -0.15) is 0 Å². The predicted molar refractivity (Wildman–Crippen MR) is 73.0 cm³/mol. The van der Waals surface area contributed by atoms with E-state index in [2.05, 4.69) is 15.0 Å². The lowest BCUT2D eigenvalue weighted by Gasteiger charge is -1.99. The summed E-state index contributed by atoms with van der Waals surface area (Å²) < 4.78 is 1.54. The Morgan fingerprint density at radius 3 is 2.90 bits per heavy atom. The molecule has 6 nitrogen and oxygen atoms in total. The Labute approximate surface area is 118 Å². The zero-order valence-electron chi connectivity index (χ0n) is 10.5. The molecule has 0 atom stereocenters. The van der Waals surface area contributed by atoms with Crippen LogP contribution in [0.1, 0.15) is 16.2 Å². The largest absolute Gasteiger partial charge is 0.476 e. The lowest BCUT2D eigenvalue weighted by atomic mass is 10.4. The molecule has 0 aliphatic rings. The molecule has 0 aliphatic heterocycles. The molecule has 7 heteroatoms. The van der Waals surface area contributed by atoms with E-state index in [-0.39, 0.29) is 5.69 Å². The fourth-order valence-corrected chi connectivity index (χ4v) is 2.70. The minimum atomic E-state index is -1.03. The van der Waals surface area contributed by atoms with Crippen LogP contribution in [0, 0.1) is 6.92 Å². The van der Waals surface area contributed by atoms with Gasteiger partial charge in [0.25, 0.3) is 0 Å². The average Bonchev–Trinajstić information content (AvgIpc) is 2.76. The Morgan fingerprint density at radius 2 is 2.15 bits per heavy atom. The van der Waals surface area contributed by atoms with Gasteiger partial charge in [0.1, 0.15) is 10.7 Å². The van der Waals surface area contributed by atoms with E-state index in [1.54, 1.807) is 35.0 Å². The van der Waals surface area contributed by atoms with E-state index in [1.807, 2.05) is 13.0 Å². The molecule has 0 fully saturated rings. The van der Waals surface area contributed by atoms with Crippen molar-refractivity contribution in [1.82, 2.24) is 19.4 Å². The third kappa shape index (κ3) is 2.23. The molecule has 0 saturated carbocycles. The van der Waals surface area contributed by atoms with Gasteiger partial charge in [0, 0.05) is 18.1 Å². The van der Waals surface area contributed by atoms with E-state index < -0.39 is 5.97 Å². The number of hydrogen-bond donors (Lipinski definition) is 1. The van der Waals surface area contributed by atoms with Crippen molar-refractivity contribution in [2.75, 3.05) is 0 Å². The Morgan fingerprint density at radius 1 is 1.30 bits per heavy atom. The molecule has 0 amide bonds. The van der Waals surface area contributed by atoms with E-state index in [9.17, 15) is 9.90 Å². The molecule has 0 spiro atoms. The van der Waals surface area contributed by atoms with Gasteiger partial charge in [-0.15, -0.1) is 0 Å². The summed E-state index contributed by atoms with van der Waals surface area (Å²) in [5.74, 6) is -1.03. The van der Waals surface area contributed by atoms with Gasteiger partial charge < -0.3 is 5.11 Å². The Balaban J connectivity index is 2.11. The summed E-state index contributed by atoms with van der Waals surface area (Å²) in [6.07, 6.45) is 3.31. The fraction of sp³-hybridized carbons (Fsp3) is 0.0769. The maximum Gasteiger partial charge on any atom is 0.355 e. The highest BCUT2D eigenvalue weighted by Crippen LogP contribution is 2.28. The SMILES string of the molecule is Cc1ccnc(Sc2nc3ccccn3c2C(=O)O)n1. The second kappa shape index (κ2) is 4.93. The second-order valence-corrected chi connectivity index (χ2v) is 5.04. The molecular formula is C13H10N4O2S. The zero-order valence-corrected chi connectivity index (χ0v) is 11.3. The zero-order chi connectivity index (χ0) is 14.1. The number of nitrogens with zero attached hydrogens (tertiary/aromatic N) is 4. The van der Waals surface area contributed by atoms with Gasteiger partial charge in [-0.25, -0.2) is 19.7 Å². The molecule has 0 radical (unpaired) electrons. The van der Waals surface area contributed by atoms with Gasteiger partial charge in [0.05, 0.1) is 0 Å². The van der Waals surface area contributed by atoms with Gasteiger partial charge in [0.2, 0.25) is 0 Å². The van der Waals surface area contributed by atoms with Crippen LogP contribution >= 0.6 is 11.8 Å². The number of carbonyl (C=O) groups is 1. The minimum Gasteiger partial charge on any atom is -0.476 e. The summed E-state index contributed by atoms with van der Waals surface area (Å²) in [5.41, 5.74) is 1.53. The van der Waals surface area contributed by atoms with Crippen molar-refractivity contribution in [1.29, 1.82) is 0 Å². The van der Waals surface area contributed by atoms with E-state index in [4.69, 9.17) is 0 Å². The molecule has 0 bridgehead atoms. The highest BCUT2D eigenvalue weighted by Gasteiger charge is 2.20. The maximum absolute atomic E-state index is 11.4. The number of carboxylic acid groups (broad SMARTS) is 1. The van der Waals surface area contributed by atoms with Gasteiger partial charge in [-0.3, -0.25) is 4.40 Å². The van der Waals surface area contributed by atoms with Crippen molar-refractivity contribution in [3.63, 3.8) is 0 Å². The lowest BCUT2D eigenvalue weighted by Crippen LogP contribution is -2.03. The third-order valence-electron chi connectivity index (χ3n) is 2.66. The first kappa shape index (κ1) is 12.6. The van der Waals surface area contributed by atoms with Crippen molar-refractivity contribution >= 4 is 23.4 Å². The number of fused-ring (bicyclic) bond motifs is 1. The minimum absolute atomic E-state index is 0.121. The van der Waals surface area contributed by atoms with E-state index >= 15 is 0 Å². The molecule has 3 heterocycles. The molecule has 0 aliphatic carbocycles. The number of carboxylic acids is 1. The number of pyridine rings is 1. The summed E-state index contributed by atoms with van der Waals surface area (Å²) in [6.45, 7) is 1.85. The van der Waals surface area contributed by atoms with Crippen LogP contribution in [0.4, 0.5) is 0 Å². The van der Waals surface area contributed by atoms with Crippen LogP contribution in [-0.2, 0) is 0 Å². The number of hydrogen-bond acceptors (Lipinski definition) is 5. The van der Waals surface area contributed by atoms with Gasteiger partial charge >= 0.3 is 5.97 Å². The molecule has 20 heavy (non-hydrogen) atoms. The van der Waals surface area contributed by atoms with Crippen LogP contribution in [0.15, 0.2) is 46.8 Å². The number of imidazole rings is 1. The van der Waals surface area contributed by atoms with Gasteiger partial charge in [0.15, 0.2) is 10.9 Å². The van der Waals surface area contributed by atoms with Gasteiger partial charge in [-0.05, 0) is 36.9 Å². The van der Waals surface area contributed by atoms with Crippen molar-refractivity contribution < 1.29 is 9.90 Å². The number of rotatable bonds is 3. The molecule has 1 N–H and O–H groups in total. The summed E-state index contributed by atoms with van der Waals surface area (Å²) >= 11 is 1.15. The number of aromatic nitrogens is 4. The van der Waals surface area contributed by atoms with Crippen molar-refractivity contribution in [3.8, 4) is 0 Å². The predicted octanol–water partition coefficient (Wildman–Crippen LogP) is 2.28. The summed E-state index contributed by atoms with van der Waals surface area (Å²) in [6, 6.07) is 7.11. The number of aryl methyl sites for hydroxylation is 1. The van der Waals surface area contributed by atoms with E-state index in [0.29, 0.717) is 15.8 Å². The smallest absolute Gasteiger partial charge is 0.355 e. The highest BCUT2D eigenvalue weighted by molar-refractivity contribution is 7.99. The summed E-state index contributed by atoms with van der Waals surface area (Å²) in [7, 11) is 0. The van der Waals surface area contributed by atoms with E-state index in [1.165, 1.54) is 0 Å². The van der Waals surface area contributed by atoms with E-state index in [0.717, 1.165) is 17.5 Å². The Hall–Kier alpha value is -2.41. The monoisotopic (exact) mass is 286 g/mol. The van der Waals surface area contributed by atoms with Crippen molar-refractivity contribution in [3.05, 3.63) is 48.0 Å². The second-order valence-electron chi connectivity index (χ2n) is 4.08. The first-order chi connectivity index (χ1) is 9.65. The van der Waals surface area contributed by atoms with Crippen LogP contribution in [0.3, 0.4) is 0 Å². The Bertz CT molecular complexity index is 800. The lowest BCUT2D eigenvalue weighted by molar-refractivity contribution is 0.0685. The molecule has 0 aromatic carbocycles. The first-order valence-corrected chi connectivity index (χ1v) is 6.64. The van der Waals surface area contributed by atoms with Crippen molar-refractivity contribution in [2.45, 2.75) is 17.1 Å². The average molecular weight is 286 g/mol. The van der Waals surface area contributed by atoms with Gasteiger partial charge in [-0.1, -0.05) is 6.07 Å². The molecule has 100 valence electrons. The van der Waals surface area contributed by atoms with Crippen LogP contribution in [0.2, 0.25) is 0 Å². The first-order valence-electron chi connectivity index (χ1n) is 5.83. The van der Waals surface area contributed by atoms with Crippen LogP contribution in [0.25, 0.3) is 5.65 Å². The molecule has 3 rings (SSSR count). The molecular weight excluding hydrogens is 276 g/mol. The topological polar surface area (TPSA) is 80.4 Å². The summed E-state index contributed by atoms with van der Waals surface area (Å²) in [4.78, 5) is 24.1. The summed E-state index contributed by atoms with van der Waals surface area (Å²) in [5, 5.41) is 10.2. The van der Waals surface area contributed by atoms with Crippen LogP contribution in [0.5, 0.6) is 0 Å². The normalized spacial score (nSPS) is 10.8. The maximum atomic E-state index is 11.4. The van der Waals surface area contributed by atoms with Crippen LogP contribution in [-0.4, -0.2) is 30.4 Å². The highest BCUT2D eigenvalue weighted by atomic mass is 32.2. The van der Waals surface area contributed by atoms with Crippen molar-refractivity contribution in [2.24, 2.45) is 0 Å². The molecule has 0 saturated heterocycles. The Kier molecular flexibility index (Phi) is 3.11. The number of aromatic carboxylic acids is 1.